The molecule has 0 radical (unpaired) electrons. The molecule has 7 heteroatoms. The molecule has 2 heterocycles. The lowest BCUT2D eigenvalue weighted by Gasteiger charge is -2.05. The number of rotatable bonds is 5. The summed E-state index contributed by atoms with van der Waals surface area (Å²) in [7, 11) is 0. The molecule has 2 aromatic rings. The number of carbonyl (C=O) groups excluding carboxylic acids is 1. The average Bonchev–Trinajstić information content (AvgIpc) is 2.92. The van der Waals surface area contributed by atoms with E-state index in [1.54, 1.807) is 18.2 Å². The highest BCUT2D eigenvalue weighted by Crippen LogP contribution is 2.22. The van der Waals surface area contributed by atoms with Crippen molar-refractivity contribution in [2.24, 2.45) is 0 Å². The van der Waals surface area contributed by atoms with Crippen LogP contribution in [0.2, 0.25) is 0 Å². The molecule has 0 aliphatic rings. The predicted octanol–water partition coefficient (Wildman–Crippen LogP) is 3.23. The van der Waals surface area contributed by atoms with Crippen molar-refractivity contribution >= 4 is 29.8 Å². The van der Waals surface area contributed by atoms with Gasteiger partial charge in [0.2, 0.25) is 5.76 Å². The summed E-state index contributed by atoms with van der Waals surface area (Å²) < 4.78 is 5.10. The number of aromatic nitrogens is 2. The van der Waals surface area contributed by atoms with E-state index in [2.05, 4.69) is 29.3 Å². The molecule has 0 aliphatic carbocycles. The summed E-state index contributed by atoms with van der Waals surface area (Å²) in [5, 5.41) is 6.65. The van der Waals surface area contributed by atoms with Gasteiger partial charge in [0.25, 0.3) is 5.91 Å². The van der Waals surface area contributed by atoms with E-state index in [1.165, 1.54) is 6.20 Å². The van der Waals surface area contributed by atoms with Gasteiger partial charge in [-0.05, 0) is 25.0 Å². The maximum Gasteiger partial charge on any atom is 0.294 e. The van der Waals surface area contributed by atoms with Crippen molar-refractivity contribution in [3.05, 3.63) is 35.9 Å². The Hall–Kier alpha value is -2.08. The Morgan fingerprint density at radius 3 is 2.67 bits per heavy atom. The summed E-state index contributed by atoms with van der Waals surface area (Å²) in [6.07, 6.45) is 3.42. The number of nitrogens with two attached hydrogens (primary N) is 1. The molecule has 6 nitrogen and oxygen atoms in total. The minimum Gasteiger partial charge on any atom is -0.384 e. The van der Waals surface area contributed by atoms with Crippen LogP contribution in [0.25, 0.3) is 0 Å². The lowest BCUT2D eigenvalue weighted by molar-refractivity contribution is 0.0987. The molecule has 0 saturated carbocycles. The van der Waals surface area contributed by atoms with Gasteiger partial charge >= 0.3 is 0 Å². The van der Waals surface area contributed by atoms with Crippen molar-refractivity contribution in [1.29, 1.82) is 0 Å². The Kier molecular flexibility index (Phi) is 6.17. The second kappa shape index (κ2) is 7.64. The fourth-order valence-corrected chi connectivity index (χ4v) is 1.97. The first-order valence-electron chi connectivity index (χ1n) is 6.63. The SMILES string of the molecule is CCC(CC)c1cc(C(=O)Nc2ccc(N)nc2)on1.Cl. The summed E-state index contributed by atoms with van der Waals surface area (Å²) in [6.45, 7) is 4.17. The number of nitrogen functional groups attached to an aromatic ring is 1. The molecule has 0 aromatic carbocycles. The van der Waals surface area contributed by atoms with Gasteiger partial charge in [0.05, 0.1) is 17.6 Å². The fraction of sp³-hybridized carbons (Fsp3) is 0.357. The smallest absolute Gasteiger partial charge is 0.294 e. The number of amides is 1. The van der Waals surface area contributed by atoms with Gasteiger partial charge in [0.15, 0.2) is 0 Å². The molecule has 114 valence electrons. The number of nitrogens with one attached hydrogen (secondary N) is 1. The van der Waals surface area contributed by atoms with E-state index in [-0.39, 0.29) is 24.1 Å². The number of anilines is 2. The van der Waals surface area contributed by atoms with E-state index in [0.29, 0.717) is 17.4 Å². The molecule has 0 aliphatic heterocycles. The first-order valence-corrected chi connectivity index (χ1v) is 6.63. The number of pyridine rings is 1. The zero-order chi connectivity index (χ0) is 14.5. The molecule has 0 spiro atoms. The van der Waals surface area contributed by atoms with Crippen LogP contribution < -0.4 is 11.1 Å². The highest BCUT2D eigenvalue weighted by atomic mass is 35.5. The van der Waals surface area contributed by atoms with Crippen molar-refractivity contribution in [3.8, 4) is 0 Å². The normalized spacial score (nSPS) is 10.2. The van der Waals surface area contributed by atoms with Gasteiger partial charge in [-0.3, -0.25) is 4.79 Å². The molecule has 3 N–H and O–H groups in total. The van der Waals surface area contributed by atoms with Gasteiger partial charge in [-0.1, -0.05) is 19.0 Å². The molecule has 1 amide bonds. The fourth-order valence-electron chi connectivity index (χ4n) is 1.97. The van der Waals surface area contributed by atoms with Crippen molar-refractivity contribution < 1.29 is 9.32 Å². The minimum absolute atomic E-state index is 0. The maximum atomic E-state index is 12.0. The highest BCUT2D eigenvalue weighted by molar-refractivity contribution is 6.02. The largest absolute Gasteiger partial charge is 0.384 e. The Morgan fingerprint density at radius 1 is 1.38 bits per heavy atom. The maximum absolute atomic E-state index is 12.0. The van der Waals surface area contributed by atoms with Crippen molar-refractivity contribution in [1.82, 2.24) is 10.1 Å². The molecule has 2 aromatic heterocycles. The lowest BCUT2D eigenvalue weighted by atomic mass is 9.99. The highest BCUT2D eigenvalue weighted by Gasteiger charge is 2.17. The Balaban J connectivity index is 0.00000220. The molecular weight excluding hydrogens is 292 g/mol. The van der Waals surface area contributed by atoms with E-state index in [9.17, 15) is 4.79 Å². The molecule has 0 fully saturated rings. The van der Waals surface area contributed by atoms with Crippen LogP contribution in [0.1, 0.15) is 48.9 Å². The van der Waals surface area contributed by atoms with Gasteiger partial charge in [0, 0.05) is 12.0 Å². The lowest BCUT2D eigenvalue weighted by Crippen LogP contribution is -2.11. The Morgan fingerprint density at radius 2 is 2.10 bits per heavy atom. The first-order chi connectivity index (χ1) is 9.63. The van der Waals surface area contributed by atoms with E-state index >= 15 is 0 Å². The standard InChI is InChI=1S/C14H18N4O2.ClH/c1-3-9(4-2)11-7-12(20-18-11)14(19)17-10-5-6-13(15)16-8-10;/h5-9H,3-4H2,1-2H3,(H2,15,16)(H,17,19);1H. The first kappa shape index (κ1) is 17.0. The second-order valence-corrected chi connectivity index (χ2v) is 4.56. The molecule has 0 unspecified atom stereocenters. The van der Waals surface area contributed by atoms with Crippen LogP contribution in [0.3, 0.4) is 0 Å². The number of halogens is 1. The Labute approximate surface area is 129 Å². The van der Waals surface area contributed by atoms with E-state index < -0.39 is 0 Å². The Bertz CT molecular complexity index is 579. The third-order valence-corrected chi connectivity index (χ3v) is 3.20. The zero-order valence-electron chi connectivity index (χ0n) is 12.0. The van der Waals surface area contributed by atoms with Gasteiger partial charge in [-0.15, -0.1) is 12.4 Å². The van der Waals surface area contributed by atoms with Gasteiger partial charge in [-0.25, -0.2) is 4.98 Å². The minimum atomic E-state index is -0.346. The van der Waals surface area contributed by atoms with Crippen LogP contribution in [0.4, 0.5) is 11.5 Å². The van der Waals surface area contributed by atoms with Crippen molar-refractivity contribution in [2.45, 2.75) is 32.6 Å². The summed E-state index contributed by atoms with van der Waals surface area (Å²) in [4.78, 5) is 15.9. The van der Waals surface area contributed by atoms with Crippen LogP contribution in [0.15, 0.2) is 28.9 Å². The van der Waals surface area contributed by atoms with Crippen molar-refractivity contribution in [2.75, 3.05) is 11.1 Å². The third-order valence-electron chi connectivity index (χ3n) is 3.20. The second-order valence-electron chi connectivity index (χ2n) is 4.56. The predicted molar refractivity (Wildman–Crippen MR) is 83.7 cm³/mol. The molecular formula is C14H19ClN4O2. The summed E-state index contributed by atoms with van der Waals surface area (Å²) in [6, 6.07) is 4.99. The molecule has 0 atom stereocenters. The number of hydrogen-bond acceptors (Lipinski definition) is 5. The van der Waals surface area contributed by atoms with E-state index in [0.717, 1.165) is 18.5 Å². The molecule has 2 rings (SSSR count). The topological polar surface area (TPSA) is 94.0 Å². The van der Waals surface area contributed by atoms with Crippen LogP contribution >= 0.6 is 12.4 Å². The molecule has 0 saturated heterocycles. The number of nitrogens with zero attached hydrogens (tertiary/aromatic N) is 2. The van der Waals surface area contributed by atoms with Gasteiger partial charge in [0.1, 0.15) is 5.82 Å². The number of hydrogen-bond donors (Lipinski definition) is 2. The van der Waals surface area contributed by atoms with Crippen LogP contribution in [-0.2, 0) is 0 Å². The quantitative estimate of drug-likeness (QED) is 0.884. The number of carbonyl (C=O) groups is 1. The van der Waals surface area contributed by atoms with Crippen molar-refractivity contribution in [3.63, 3.8) is 0 Å². The van der Waals surface area contributed by atoms with E-state index in [4.69, 9.17) is 10.3 Å². The summed E-state index contributed by atoms with van der Waals surface area (Å²) in [5.41, 5.74) is 6.86. The van der Waals surface area contributed by atoms with Crippen LogP contribution in [0, 0.1) is 0 Å². The molecule has 0 bridgehead atoms. The van der Waals surface area contributed by atoms with Gasteiger partial charge in [-0.2, -0.15) is 0 Å². The van der Waals surface area contributed by atoms with Crippen LogP contribution in [0.5, 0.6) is 0 Å². The average molecular weight is 311 g/mol. The third kappa shape index (κ3) is 4.19. The molecule has 21 heavy (non-hydrogen) atoms. The van der Waals surface area contributed by atoms with Gasteiger partial charge < -0.3 is 15.6 Å². The summed E-state index contributed by atoms with van der Waals surface area (Å²) in [5.74, 6) is 0.571. The summed E-state index contributed by atoms with van der Waals surface area (Å²) >= 11 is 0. The zero-order valence-corrected chi connectivity index (χ0v) is 12.8. The monoisotopic (exact) mass is 310 g/mol. The van der Waals surface area contributed by atoms with Crippen LogP contribution in [-0.4, -0.2) is 16.0 Å². The van der Waals surface area contributed by atoms with E-state index in [1.807, 2.05) is 0 Å².